The van der Waals surface area contributed by atoms with E-state index in [1.165, 1.54) is 196 Å². The Kier molecular flexibility index (Phi) is 16.4. The lowest BCUT2D eigenvalue weighted by Gasteiger charge is -2.09. The van der Waals surface area contributed by atoms with E-state index in [1.807, 2.05) is 0 Å². The van der Waals surface area contributed by atoms with Gasteiger partial charge in [-0.3, -0.25) is 0 Å². The van der Waals surface area contributed by atoms with Crippen LogP contribution in [0.3, 0.4) is 0 Å². The van der Waals surface area contributed by atoms with Crippen molar-refractivity contribution in [1.29, 1.82) is 0 Å². The molecule has 0 bridgehead atoms. The molecule has 0 spiro atoms. The van der Waals surface area contributed by atoms with Gasteiger partial charge in [0.2, 0.25) is 0 Å². The number of fused-ring (bicyclic) bond motifs is 13. The molecule has 22 aromatic rings. The predicted octanol–water partition coefficient (Wildman–Crippen LogP) is 30.1. The molecule has 0 radical (unpaired) electrons. The Labute approximate surface area is 616 Å². The first kappa shape index (κ1) is 63.2. The van der Waals surface area contributed by atoms with E-state index in [0.717, 1.165) is 0 Å². The zero-order valence-corrected chi connectivity index (χ0v) is 58.4. The van der Waals surface area contributed by atoms with E-state index in [2.05, 4.69) is 425 Å². The molecule has 0 fully saturated rings. The van der Waals surface area contributed by atoms with E-state index < -0.39 is 0 Å². The van der Waals surface area contributed by atoms with Gasteiger partial charge in [-0.1, -0.05) is 315 Å². The second kappa shape index (κ2) is 27.5. The molecular formula is C106H70. The van der Waals surface area contributed by atoms with Gasteiger partial charge in [-0.2, -0.15) is 0 Å². The molecule has 0 amide bonds. The highest BCUT2D eigenvalue weighted by atomic mass is 14.1. The predicted molar refractivity (Wildman–Crippen MR) is 461 cm³/mol. The third kappa shape index (κ3) is 12.9. The summed E-state index contributed by atoms with van der Waals surface area (Å²) in [5.41, 5.74) is 12.5. The van der Waals surface area contributed by atoms with Gasteiger partial charge in [0, 0.05) is 0 Å². The molecule has 0 heteroatoms. The summed E-state index contributed by atoms with van der Waals surface area (Å²) < 4.78 is 0. The Morgan fingerprint density at radius 2 is 0.170 bits per heavy atom. The first-order valence-corrected chi connectivity index (χ1v) is 36.6. The molecule has 0 heterocycles. The molecule has 0 N–H and O–H groups in total. The largest absolute Gasteiger partial charge is 0.0616 e. The average Bonchev–Trinajstić information content (AvgIpc) is 0.777. The zero-order chi connectivity index (χ0) is 70.3. The molecular weight excluding hydrogens is 1270 g/mol. The van der Waals surface area contributed by atoms with Crippen molar-refractivity contribution in [1.82, 2.24) is 0 Å². The minimum atomic E-state index is 1.24. The van der Waals surface area contributed by atoms with Crippen molar-refractivity contribution in [3.05, 3.63) is 425 Å². The van der Waals surface area contributed by atoms with Crippen molar-refractivity contribution in [3.63, 3.8) is 0 Å². The van der Waals surface area contributed by atoms with E-state index in [-0.39, 0.29) is 0 Å². The van der Waals surface area contributed by atoms with E-state index in [1.54, 1.807) is 0 Å². The van der Waals surface area contributed by atoms with Crippen molar-refractivity contribution in [3.8, 4) is 55.6 Å². The Hall–Kier alpha value is -13.8. The van der Waals surface area contributed by atoms with Crippen LogP contribution in [0.4, 0.5) is 0 Å². The van der Waals surface area contributed by atoms with E-state index in [9.17, 15) is 0 Å². The highest BCUT2D eigenvalue weighted by molar-refractivity contribution is 6.09. The van der Waals surface area contributed by atoms with Gasteiger partial charge in [0.1, 0.15) is 0 Å². The minimum Gasteiger partial charge on any atom is -0.0616 e. The third-order valence-electron chi connectivity index (χ3n) is 21.3. The molecule has 0 aliphatic heterocycles. The van der Waals surface area contributed by atoms with Crippen molar-refractivity contribution in [2.75, 3.05) is 0 Å². The maximum Gasteiger partial charge on any atom is -0.0171 e. The lowest BCUT2D eigenvalue weighted by Crippen LogP contribution is -1.83. The SMILES string of the molecule is c1ccc2cc(-c3ccc(-c4ccc5cc(-c6ccc7ccccc7c6)ccc5c4)cc3)ccc2c1.c1ccc2cc(-c3ccc4cc(-c5ccc6ccccc6c5)ccc4c3)ccc2c1.c1ccc2cc3cc4cc5ccccc5cc4cc3cc2c1.c1ccc2cc3cc4ccccc4cc3cc2c1. The van der Waals surface area contributed by atoms with Crippen LogP contribution in [0.1, 0.15) is 0 Å². The molecule has 0 aliphatic rings. The second-order valence-electron chi connectivity index (χ2n) is 28.1. The smallest absolute Gasteiger partial charge is 0.0171 e. The molecule has 0 saturated heterocycles. The Bertz CT molecular complexity index is 6690. The highest BCUT2D eigenvalue weighted by Crippen LogP contribution is 2.37. The molecule has 22 aromatic carbocycles. The first-order chi connectivity index (χ1) is 52.4. The zero-order valence-electron chi connectivity index (χ0n) is 58.4. The molecule has 494 valence electrons. The van der Waals surface area contributed by atoms with Gasteiger partial charge >= 0.3 is 0 Å². The fourth-order valence-corrected chi connectivity index (χ4v) is 15.6. The molecule has 0 aliphatic carbocycles. The second-order valence-corrected chi connectivity index (χ2v) is 28.1. The summed E-state index contributed by atoms with van der Waals surface area (Å²) in [5, 5.41) is 33.6. The Morgan fingerprint density at radius 3 is 0.340 bits per heavy atom. The number of hydrogen-bond acceptors (Lipinski definition) is 0. The fraction of sp³-hybridized carbons (Fsp3) is 0. The van der Waals surface area contributed by atoms with Crippen molar-refractivity contribution >= 4 is 140 Å². The summed E-state index contributed by atoms with van der Waals surface area (Å²) in [6.07, 6.45) is 0. The minimum absolute atomic E-state index is 1.24. The monoisotopic (exact) mass is 1340 g/mol. The first-order valence-electron chi connectivity index (χ1n) is 36.6. The van der Waals surface area contributed by atoms with Crippen LogP contribution in [0.5, 0.6) is 0 Å². The molecule has 0 atom stereocenters. The number of hydrogen-bond donors (Lipinski definition) is 0. The molecule has 0 nitrogen and oxygen atoms in total. The molecule has 22 rings (SSSR count). The normalized spacial score (nSPS) is 11.4. The summed E-state index contributed by atoms with van der Waals surface area (Å²) in [7, 11) is 0. The van der Waals surface area contributed by atoms with Crippen LogP contribution in [0.2, 0.25) is 0 Å². The van der Waals surface area contributed by atoms with Gasteiger partial charge in [-0.25, -0.2) is 0 Å². The van der Waals surface area contributed by atoms with Crippen LogP contribution in [-0.2, 0) is 0 Å². The molecule has 0 saturated carbocycles. The summed E-state index contributed by atoms with van der Waals surface area (Å²) in [4.78, 5) is 0. The van der Waals surface area contributed by atoms with Gasteiger partial charge in [0.15, 0.2) is 0 Å². The Balaban J connectivity index is 0.0000000997. The van der Waals surface area contributed by atoms with E-state index in [0.29, 0.717) is 0 Å². The van der Waals surface area contributed by atoms with Gasteiger partial charge in [0.25, 0.3) is 0 Å². The highest BCUT2D eigenvalue weighted by Gasteiger charge is 2.10. The summed E-state index contributed by atoms with van der Waals surface area (Å²) in [6.45, 7) is 0. The van der Waals surface area contributed by atoms with Crippen LogP contribution in [0.25, 0.3) is 196 Å². The lowest BCUT2D eigenvalue weighted by atomic mass is 9.95. The maximum absolute atomic E-state index is 2.31. The summed E-state index contributed by atoms with van der Waals surface area (Å²) in [5.74, 6) is 0. The molecule has 106 heavy (non-hydrogen) atoms. The van der Waals surface area contributed by atoms with Crippen LogP contribution < -0.4 is 0 Å². The average molecular weight is 1340 g/mol. The number of rotatable bonds is 5. The van der Waals surface area contributed by atoms with Crippen LogP contribution in [0.15, 0.2) is 425 Å². The van der Waals surface area contributed by atoms with Gasteiger partial charge in [-0.15, -0.1) is 0 Å². The topological polar surface area (TPSA) is 0 Å². The standard InChI is InChI=1S/C36H24.C30H20.C22H14.C18H12/c1-3-7-29-21-31(15-13-25(29)5-1)27-9-11-28(12-10-27)32-17-18-35-24-36(20-19-34(35)23-32)33-16-14-26-6-2-4-8-30(26)22-33;1-3-7-23-17-25(11-9-21(23)5-1)27-13-15-30-20-28(14-16-29(30)19-27)26-12-10-22-6-2-4-8-24(22)18-26;1-2-6-16-10-20-14-22-12-18-8-4-3-7-17(18)11-21(22)13-19(20)9-15(16)5-1;1-2-6-14-10-18-12-16-8-4-3-7-15(16)11-17(18)9-13(14)5-1/h1-24H;1-20H;1-14H;1-12H. The van der Waals surface area contributed by atoms with Gasteiger partial charge in [-0.05, 0) is 305 Å². The third-order valence-corrected chi connectivity index (χ3v) is 21.3. The number of benzene rings is 22. The summed E-state index contributed by atoms with van der Waals surface area (Å²) >= 11 is 0. The molecule has 0 unspecified atom stereocenters. The van der Waals surface area contributed by atoms with Crippen LogP contribution in [0, 0.1) is 0 Å². The maximum atomic E-state index is 2.31. The quantitative estimate of drug-likeness (QED) is 0.151. The van der Waals surface area contributed by atoms with Gasteiger partial charge in [0.05, 0.1) is 0 Å². The van der Waals surface area contributed by atoms with Crippen molar-refractivity contribution < 1.29 is 0 Å². The summed E-state index contributed by atoms with van der Waals surface area (Å²) in [6, 6.07) is 154. The lowest BCUT2D eigenvalue weighted by molar-refractivity contribution is 1.61. The van der Waals surface area contributed by atoms with Crippen LogP contribution >= 0.6 is 0 Å². The molecule has 0 aromatic heterocycles. The Morgan fingerprint density at radius 1 is 0.0660 bits per heavy atom. The van der Waals surface area contributed by atoms with E-state index >= 15 is 0 Å². The van der Waals surface area contributed by atoms with Gasteiger partial charge < -0.3 is 0 Å². The fourth-order valence-electron chi connectivity index (χ4n) is 15.6. The van der Waals surface area contributed by atoms with Crippen molar-refractivity contribution in [2.45, 2.75) is 0 Å². The van der Waals surface area contributed by atoms with E-state index in [4.69, 9.17) is 0 Å². The van der Waals surface area contributed by atoms with Crippen LogP contribution in [-0.4, -0.2) is 0 Å². The van der Waals surface area contributed by atoms with Crippen molar-refractivity contribution in [2.24, 2.45) is 0 Å².